The molecule has 1 heterocycles. The van der Waals surface area contributed by atoms with Crippen LogP contribution in [0.3, 0.4) is 0 Å². The molecule has 1 aliphatic heterocycles. The molecule has 1 aliphatic rings. The fourth-order valence-corrected chi connectivity index (χ4v) is 6.07. The maximum Gasteiger partial charge on any atom is 0.258 e. The molecule has 0 unspecified atom stereocenters. The third-order valence-corrected chi connectivity index (χ3v) is 9.02. The van der Waals surface area contributed by atoms with Crippen molar-refractivity contribution in [1.29, 1.82) is 0 Å². The van der Waals surface area contributed by atoms with Gasteiger partial charge in [0.2, 0.25) is 5.91 Å². The summed E-state index contributed by atoms with van der Waals surface area (Å²) in [5, 5.41) is 2.99. The molecule has 0 radical (unpaired) electrons. The average Bonchev–Trinajstić information content (AvgIpc) is 3.10. The van der Waals surface area contributed by atoms with Crippen molar-refractivity contribution in [3.8, 4) is 11.1 Å². The lowest BCUT2D eigenvalue weighted by Gasteiger charge is -2.32. The van der Waals surface area contributed by atoms with Gasteiger partial charge >= 0.3 is 0 Å². The van der Waals surface area contributed by atoms with Crippen molar-refractivity contribution in [3.05, 3.63) is 119 Å². The Morgan fingerprint density at radius 2 is 1.40 bits per heavy atom. The van der Waals surface area contributed by atoms with E-state index >= 15 is 0 Å². The van der Waals surface area contributed by atoms with Gasteiger partial charge in [0.1, 0.15) is 0 Å². The number of rotatable bonds is 12. The second kappa shape index (κ2) is 16.2. The second-order valence-corrected chi connectivity index (χ2v) is 12.5. The number of nitrogens with one attached hydrogen (secondary N) is 1. The molecule has 0 aliphatic carbocycles. The summed E-state index contributed by atoms with van der Waals surface area (Å²) in [7, 11) is 3.91. The van der Waals surface area contributed by atoms with E-state index in [1.807, 2.05) is 85.6 Å². The van der Waals surface area contributed by atoms with Gasteiger partial charge in [-0.25, -0.2) is 0 Å². The van der Waals surface area contributed by atoms with E-state index in [1.165, 1.54) is 0 Å². The lowest BCUT2D eigenvalue weighted by atomic mass is 9.98. The number of hydrogen-bond donors (Lipinski definition) is 1. The van der Waals surface area contributed by atoms with Crippen LogP contribution < -0.4 is 10.2 Å². The van der Waals surface area contributed by atoms with E-state index < -0.39 is 0 Å². The van der Waals surface area contributed by atoms with Crippen LogP contribution in [0.1, 0.15) is 63.9 Å². The average molecular weight is 631 g/mol. The first-order valence-electron chi connectivity index (χ1n) is 16.7. The van der Waals surface area contributed by atoms with Crippen LogP contribution in [0.2, 0.25) is 0 Å². The highest BCUT2D eigenvalue weighted by atomic mass is 16.2. The fourth-order valence-electron chi connectivity index (χ4n) is 6.07. The van der Waals surface area contributed by atoms with E-state index in [2.05, 4.69) is 23.3 Å². The van der Waals surface area contributed by atoms with Crippen LogP contribution >= 0.6 is 0 Å². The number of anilines is 2. The van der Waals surface area contributed by atoms with Crippen molar-refractivity contribution in [3.63, 3.8) is 0 Å². The zero-order valence-electron chi connectivity index (χ0n) is 27.9. The number of aryl methyl sites for hydroxylation is 2. The van der Waals surface area contributed by atoms with Crippen LogP contribution in [0.4, 0.5) is 11.4 Å². The number of piperazine rings is 1. The second-order valence-electron chi connectivity index (χ2n) is 12.5. The molecule has 0 aromatic heterocycles. The highest BCUT2D eigenvalue weighted by molar-refractivity contribution is 6.09. The van der Waals surface area contributed by atoms with Gasteiger partial charge in [0, 0.05) is 62.1 Å². The van der Waals surface area contributed by atoms with E-state index in [0.717, 1.165) is 86.2 Å². The van der Waals surface area contributed by atoms with E-state index in [-0.39, 0.29) is 17.7 Å². The topological polar surface area (TPSA) is 73.0 Å². The number of unbranched alkanes of at least 4 members (excludes halogenated alkanes) is 3. The van der Waals surface area contributed by atoms with Crippen molar-refractivity contribution < 1.29 is 14.4 Å². The highest BCUT2D eigenvalue weighted by Gasteiger charge is 2.19. The van der Waals surface area contributed by atoms with E-state index in [9.17, 15) is 14.4 Å². The maximum atomic E-state index is 13.5. The Labute approximate surface area is 279 Å². The lowest BCUT2D eigenvalue weighted by molar-refractivity contribution is -0.132. The smallest absolute Gasteiger partial charge is 0.258 e. The molecule has 0 bridgehead atoms. The minimum absolute atomic E-state index is 0.109. The fraction of sp³-hybridized carbons (Fsp3) is 0.325. The summed E-state index contributed by atoms with van der Waals surface area (Å²) < 4.78 is 0. The Kier molecular flexibility index (Phi) is 11.6. The predicted octanol–water partition coefficient (Wildman–Crippen LogP) is 7.46. The zero-order chi connectivity index (χ0) is 33.2. The molecular weight excluding hydrogens is 584 g/mol. The molecule has 1 saturated heterocycles. The van der Waals surface area contributed by atoms with Crippen molar-refractivity contribution in [2.75, 3.05) is 50.5 Å². The van der Waals surface area contributed by atoms with Crippen LogP contribution in [0.25, 0.3) is 11.1 Å². The number of likely N-dealkylation sites (N-methyl/N-ethyl adjacent to an activating group) is 1. The van der Waals surface area contributed by atoms with Crippen molar-refractivity contribution in [1.82, 2.24) is 9.80 Å². The number of amides is 3. The quantitative estimate of drug-likeness (QED) is 0.165. The molecule has 3 amide bonds. The third kappa shape index (κ3) is 8.95. The molecule has 4 aromatic rings. The summed E-state index contributed by atoms with van der Waals surface area (Å²) in [5.74, 6) is -0.0298. The van der Waals surface area contributed by atoms with E-state index in [4.69, 9.17) is 0 Å². The molecule has 0 spiro atoms. The minimum atomic E-state index is -0.201. The minimum Gasteiger partial charge on any atom is -0.340 e. The van der Waals surface area contributed by atoms with Gasteiger partial charge in [-0.2, -0.15) is 0 Å². The first-order chi connectivity index (χ1) is 22.8. The highest BCUT2D eigenvalue weighted by Crippen LogP contribution is 2.26. The van der Waals surface area contributed by atoms with E-state index in [0.29, 0.717) is 23.2 Å². The number of nitrogens with zero attached hydrogens (tertiary/aromatic N) is 3. The summed E-state index contributed by atoms with van der Waals surface area (Å²) in [6.45, 7) is 5.62. The van der Waals surface area contributed by atoms with Crippen molar-refractivity contribution in [2.24, 2.45) is 0 Å². The molecule has 47 heavy (non-hydrogen) atoms. The zero-order valence-corrected chi connectivity index (χ0v) is 27.9. The Hall–Kier alpha value is -4.75. The van der Waals surface area contributed by atoms with Gasteiger partial charge in [0.15, 0.2) is 0 Å². The van der Waals surface area contributed by atoms with Crippen molar-refractivity contribution in [2.45, 2.75) is 45.4 Å². The predicted molar refractivity (Wildman–Crippen MR) is 191 cm³/mol. The summed E-state index contributed by atoms with van der Waals surface area (Å²) >= 11 is 0. The Bertz CT molecular complexity index is 1660. The number of hydrogen-bond acceptors (Lipinski definition) is 4. The number of carbonyl (C=O) groups excluding carboxylic acids is 3. The molecule has 5 rings (SSSR count). The van der Waals surface area contributed by atoms with Gasteiger partial charge < -0.3 is 20.0 Å². The monoisotopic (exact) mass is 630 g/mol. The Morgan fingerprint density at radius 1 is 0.745 bits per heavy atom. The van der Waals surface area contributed by atoms with Crippen molar-refractivity contribution >= 4 is 29.1 Å². The number of benzene rings is 4. The normalized spacial score (nSPS) is 13.3. The molecule has 0 saturated carbocycles. The Morgan fingerprint density at radius 3 is 2.15 bits per heavy atom. The van der Waals surface area contributed by atoms with Gasteiger partial charge in [0.05, 0.1) is 0 Å². The maximum absolute atomic E-state index is 13.5. The van der Waals surface area contributed by atoms with Gasteiger partial charge in [-0.15, -0.1) is 0 Å². The first-order valence-corrected chi connectivity index (χ1v) is 16.7. The Balaban J connectivity index is 1.13. The van der Waals surface area contributed by atoms with Crippen LogP contribution in [0.5, 0.6) is 0 Å². The molecule has 244 valence electrons. The largest absolute Gasteiger partial charge is 0.340 e. The molecule has 4 aromatic carbocycles. The molecule has 0 atom stereocenters. The summed E-state index contributed by atoms with van der Waals surface area (Å²) in [6, 6.07) is 30.8. The van der Waals surface area contributed by atoms with Gasteiger partial charge in [-0.05, 0) is 86.3 Å². The van der Waals surface area contributed by atoms with Gasteiger partial charge in [-0.1, -0.05) is 79.1 Å². The standard InChI is InChI=1S/C40H46N4O3/c1-30-18-20-31(21-19-30)35-14-9-10-15-36(35)39(46)41-34-24-22-33(23-25-34)40(47)43(3)37-16-11-8-13-32(37)12-6-4-5-7-17-38(45)44-28-26-42(2)27-29-44/h8-11,13-16,18-25H,4-7,12,17,26-29H2,1-3H3,(H,41,46). The summed E-state index contributed by atoms with van der Waals surface area (Å²) in [4.78, 5) is 45.2. The molecule has 1 fully saturated rings. The SMILES string of the molecule is Cc1ccc(-c2ccccc2C(=O)Nc2ccc(C(=O)N(C)c3ccccc3CCCCCCC(=O)N3CCN(C)CC3)cc2)cc1. The molecule has 7 nitrogen and oxygen atoms in total. The summed E-state index contributed by atoms with van der Waals surface area (Å²) in [5.41, 5.74) is 6.81. The van der Waals surface area contributed by atoms with Gasteiger partial charge in [-0.3, -0.25) is 14.4 Å². The lowest BCUT2D eigenvalue weighted by Crippen LogP contribution is -2.47. The number of carbonyl (C=O) groups is 3. The van der Waals surface area contributed by atoms with Crippen LogP contribution in [-0.2, 0) is 11.2 Å². The molecule has 7 heteroatoms. The molecular formula is C40H46N4O3. The van der Waals surface area contributed by atoms with Crippen LogP contribution in [-0.4, -0.2) is 67.8 Å². The van der Waals surface area contributed by atoms with E-state index in [1.54, 1.807) is 29.2 Å². The van der Waals surface area contributed by atoms with Gasteiger partial charge in [0.25, 0.3) is 11.8 Å². The summed E-state index contributed by atoms with van der Waals surface area (Å²) in [6.07, 6.45) is 5.49. The first kappa shape index (κ1) is 33.6. The van der Waals surface area contributed by atoms with Crippen LogP contribution in [0, 0.1) is 6.92 Å². The van der Waals surface area contributed by atoms with Crippen LogP contribution in [0.15, 0.2) is 97.1 Å². The molecule has 1 N–H and O–H groups in total. The number of para-hydroxylation sites is 1. The third-order valence-electron chi connectivity index (χ3n) is 9.02.